The summed E-state index contributed by atoms with van der Waals surface area (Å²) in [7, 11) is 7.02. The number of benzene rings is 1. The SMILES string of the molecule is CCC(OC(=O)c1cc(C(=O)OC(CC)N(C)C)cc([N+](=O)[O-])c1)N(C)C. The second-order valence-corrected chi connectivity index (χ2v) is 6.49. The van der Waals surface area contributed by atoms with Gasteiger partial charge in [-0.3, -0.25) is 19.9 Å². The van der Waals surface area contributed by atoms with E-state index in [1.165, 1.54) is 6.07 Å². The average molecular weight is 381 g/mol. The summed E-state index contributed by atoms with van der Waals surface area (Å²) in [6, 6.07) is 3.43. The van der Waals surface area contributed by atoms with Crippen LogP contribution in [0.5, 0.6) is 0 Å². The van der Waals surface area contributed by atoms with Gasteiger partial charge < -0.3 is 9.47 Å². The van der Waals surface area contributed by atoms with Gasteiger partial charge in [-0.1, -0.05) is 13.8 Å². The van der Waals surface area contributed by atoms with Crippen molar-refractivity contribution in [3.63, 3.8) is 0 Å². The van der Waals surface area contributed by atoms with Crippen LogP contribution in [0.15, 0.2) is 18.2 Å². The molecule has 9 nitrogen and oxygen atoms in total. The Balaban J connectivity index is 3.18. The summed E-state index contributed by atoms with van der Waals surface area (Å²) >= 11 is 0. The van der Waals surface area contributed by atoms with Gasteiger partial charge in [0.1, 0.15) is 0 Å². The predicted octanol–water partition coefficient (Wildman–Crippen LogP) is 2.50. The average Bonchev–Trinajstić information content (AvgIpc) is 2.62. The number of carbonyl (C=O) groups is 2. The lowest BCUT2D eigenvalue weighted by Gasteiger charge is -2.23. The Morgan fingerprint density at radius 3 is 1.56 bits per heavy atom. The van der Waals surface area contributed by atoms with E-state index < -0.39 is 29.3 Å². The van der Waals surface area contributed by atoms with Crippen LogP contribution >= 0.6 is 0 Å². The monoisotopic (exact) mass is 381 g/mol. The van der Waals surface area contributed by atoms with Gasteiger partial charge in [-0.05, 0) is 47.1 Å². The maximum atomic E-state index is 12.4. The summed E-state index contributed by atoms with van der Waals surface area (Å²) in [5.74, 6) is -1.49. The van der Waals surface area contributed by atoms with Gasteiger partial charge in [0.05, 0.1) is 16.1 Å². The van der Waals surface area contributed by atoms with E-state index in [1.807, 2.05) is 13.8 Å². The van der Waals surface area contributed by atoms with Crippen LogP contribution in [0.2, 0.25) is 0 Å². The van der Waals surface area contributed by atoms with E-state index in [0.29, 0.717) is 12.8 Å². The van der Waals surface area contributed by atoms with Crippen LogP contribution < -0.4 is 0 Å². The molecule has 0 saturated carbocycles. The Hall–Kier alpha value is -2.52. The molecule has 150 valence electrons. The summed E-state index contributed by atoms with van der Waals surface area (Å²) in [6.07, 6.45) is 0.128. The zero-order chi connectivity index (χ0) is 20.7. The van der Waals surface area contributed by atoms with Gasteiger partial charge in [0.25, 0.3) is 5.69 Å². The van der Waals surface area contributed by atoms with Gasteiger partial charge in [-0.2, -0.15) is 0 Å². The van der Waals surface area contributed by atoms with Crippen LogP contribution in [0.4, 0.5) is 5.69 Å². The molecule has 9 heteroatoms. The molecule has 0 bridgehead atoms. The van der Waals surface area contributed by atoms with E-state index in [0.717, 1.165) is 12.1 Å². The lowest BCUT2D eigenvalue weighted by molar-refractivity contribution is -0.384. The Labute approximate surface area is 159 Å². The van der Waals surface area contributed by atoms with Crippen LogP contribution in [-0.2, 0) is 9.47 Å². The van der Waals surface area contributed by atoms with Crippen molar-refractivity contribution in [3.8, 4) is 0 Å². The molecule has 27 heavy (non-hydrogen) atoms. The Bertz CT molecular complexity index is 641. The summed E-state index contributed by atoms with van der Waals surface area (Å²) in [5, 5.41) is 11.2. The maximum Gasteiger partial charge on any atom is 0.339 e. The molecule has 0 N–H and O–H groups in total. The van der Waals surface area contributed by atoms with Crippen molar-refractivity contribution in [3.05, 3.63) is 39.4 Å². The van der Waals surface area contributed by atoms with E-state index in [4.69, 9.17) is 9.47 Å². The highest BCUT2D eigenvalue weighted by atomic mass is 16.6. The molecule has 0 saturated heterocycles. The van der Waals surface area contributed by atoms with E-state index >= 15 is 0 Å². The molecule has 0 aromatic heterocycles. The zero-order valence-corrected chi connectivity index (χ0v) is 16.6. The molecule has 0 fully saturated rings. The standard InChI is InChI=1S/C18H27N3O6/c1-7-15(19(3)4)26-17(22)12-9-13(11-14(10-12)21(24)25)18(23)27-16(8-2)20(5)6/h9-11,15-16H,7-8H2,1-6H3. The summed E-state index contributed by atoms with van der Waals surface area (Å²) in [5.41, 5.74) is -0.532. The number of ether oxygens (including phenoxy) is 2. The first-order valence-electron chi connectivity index (χ1n) is 8.64. The van der Waals surface area contributed by atoms with Gasteiger partial charge in [0.15, 0.2) is 12.5 Å². The lowest BCUT2D eigenvalue weighted by atomic mass is 10.1. The number of nitrogens with zero attached hydrogens (tertiary/aromatic N) is 3. The highest BCUT2D eigenvalue weighted by molar-refractivity contribution is 5.96. The second-order valence-electron chi connectivity index (χ2n) is 6.49. The normalized spacial score (nSPS) is 13.3. The number of esters is 2. The third kappa shape index (κ3) is 6.30. The fourth-order valence-corrected chi connectivity index (χ4v) is 2.44. The zero-order valence-electron chi connectivity index (χ0n) is 16.6. The fraction of sp³-hybridized carbons (Fsp3) is 0.556. The summed E-state index contributed by atoms with van der Waals surface area (Å²) in [6.45, 7) is 3.70. The van der Waals surface area contributed by atoms with Crippen molar-refractivity contribution in [1.82, 2.24) is 9.80 Å². The quantitative estimate of drug-likeness (QED) is 0.278. The Kier molecular flexibility index (Phi) is 8.32. The van der Waals surface area contributed by atoms with Crippen molar-refractivity contribution in [2.75, 3.05) is 28.2 Å². The smallest absolute Gasteiger partial charge is 0.339 e. The molecule has 2 atom stereocenters. The first-order valence-corrected chi connectivity index (χ1v) is 8.64. The molecule has 0 spiro atoms. The molecular weight excluding hydrogens is 354 g/mol. The molecule has 1 aromatic carbocycles. The first-order chi connectivity index (χ1) is 12.6. The van der Waals surface area contributed by atoms with Crippen molar-refractivity contribution < 1.29 is 24.0 Å². The summed E-state index contributed by atoms with van der Waals surface area (Å²) < 4.78 is 10.7. The summed E-state index contributed by atoms with van der Waals surface area (Å²) in [4.78, 5) is 38.8. The van der Waals surface area contributed by atoms with Crippen molar-refractivity contribution in [1.29, 1.82) is 0 Å². The number of carbonyl (C=O) groups excluding carboxylic acids is 2. The number of hydrogen-bond donors (Lipinski definition) is 0. The van der Waals surface area contributed by atoms with Gasteiger partial charge in [-0.15, -0.1) is 0 Å². The molecule has 0 aliphatic carbocycles. The van der Waals surface area contributed by atoms with Gasteiger partial charge >= 0.3 is 11.9 Å². The maximum absolute atomic E-state index is 12.4. The third-order valence-electron chi connectivity index (χ3n) is 3.94. The lowest BCUT2D eigenvalue weighted by Crippen LogP contribution is -2.33. The molecule has 2 unspecified atom stereocenters. The van der Waals surface area contributed by atoms with Crippen molar-refractivity contribution in [2.24, 2.45) is 0 Å². The first kappa shape index (κ1) is 22.5. The van der Waals surface area contributed by atoms with E-state index in [-0.39, 0.29) is 16.8 Å². The largest absolute Gasteiger partial charge is 0.443 e. The molecular formula is C18H27N3O6. The highest BCUT2D eigenvalue weighted by Gasteiger charge is 2.24. The predicted molar refractivity (Wildman–Crippen MR) is 99.5 cm³/mol. The van der Waals surface area contributed by atoms with E-state index in [9.17, 15) is 19.7 Å². The third-order valence-corrected chi connectivity index (χ3v) is 3.94. The minimum Gasteiger partial charge on any atom is -0.443 e. The number of nitro groups is 1. The molecule has 0 heterocycles. The highest BCUT2D eigenvalue weighted by Crippen LogP contribution is 2.21. The molecule has 0 aliphatic rings. The van der Waals surface area contributed by atoms with E-state index in [1.54, 1.807) is 38.0 Å². The van der Waals surface area contributed by atoms with Crippen molar-refractivity contribution in [2.45, 2.75) is 39.1 Å². The van der Waals surface area contributed by atoms with Crippen LogP contribution in [0.25, 0.3) is 0 Å². The molecule has 0 amide bonds. The van der Waals surface area contributed by atoms with Crippen LogP contribution in [0, 0.1) is 10.1 Å². The second kappa shape index (κ2) is 9.98. The van der Waals surface area contributed by atoms with E-state index in [2.05, 4.69) is 0 Å². The van der Waals surface area contributed by atoms with Gasteiger partial charge in [-0.25, -0.2) is 9.59 Å². The minimum atomic E-state index is -0.743. The number of nitro benzene ring substituents is 1. The van der Waals surface area contributed by atoms with Crippen LogP contribution in [-0.4, -0.2) is 67.3 Å². The topological polar surface area (TPSA) is 102 Å². The molecule has 1 rings (SSSR count). The fourth-order valence-electron chi connectivity index (χ4n) is 2.44. The minimum absolute atomic E-state index is 0.0747. The molecule has 0 aliphatic heterocycles. The number of hydrogen-bond acceptors (Lipinski definition) is 8. The van der Waals surface area contributed by atoms with Crippen LogP contribution in [0.3, 0.4) is 0 Å². The number of rotatable bonds is 9. The Morgan fingerprint density at radius 2 is 1.30 bits per heavy atom. The number of non-ortho nitro benzene ring substituents is 1. The Morgan fingerprint density at radius 1 is 0.926 bits per heavy atom. The van der Waals surface area contributed by atoms with Crippen LogP contribution in [0.1, 0.15) is 47.4 Å². The van der Waals surface area contributed by atoms with Gasteiger partial charge in [0.2, 0.25) is 0 Å². The van der Waals surface area contributed by atoms with Gasteiger partial charge in [0, 0.05) is 12.1 Å². The molecule has 1 aromatic rings. The van der Waals surface area contributed by atoms with Crippen molar-refractivity contribution >= 4 is 17.6 Å². The molecule has 0 radical (unpaired) electrons.